The molecule has 6 heteroatoms. The number of hydrogen-bond acceptors (Lipinski definition) is 3. The Morgan fingerprint density at radius 3 is 2.17 bits per heavy atom. The van der Waals surface area contributed by atoms with Gasteiger partial charge in [0.05, 0.1) is 4.90 Å². The highest BCUT2D eigenvalue weighted by atomic mass is 32.2. The van der Waals surface area contributed by atoms with E-state index < -0.39 is 10.0 Å². The number of halogens is 1. The second-order valence-corrected chi connectivity index (χ2v) is 7.19. The zero-order chi connectivity index (χ0) is 16.9. The van der Waals surface area contributed by atoms with Crippen molar-refractivity contribution in [2.75, 3.05) is 6.54 Å². The van der Waals surface area contributed by atoms with Crippen molar-refractivity contribution in [3.63, 3.8) is 0 Å². The van der Waals surface area contributed by atoms with Crippen molar-refractivity contribution in [2.45, 2.75) is 30.7 Å². The fourth-order valence-electron chi connectivity index (χ4n) is 2.35. The molecule has 0 bridgehead atoms. The predicted octanol–water partition coefficient (Wildman–Crippen LogP) is 2.24. The maximum absolute atomic E-state index is 12.9. The van der Waals surface area contributed by atoms with Gasteiger partial charge in [-0.15, -0.1) is 0 Å². The lowest BCUT2D eigenvalue weighted by Crippen LogP contribution is -2.30. The molecule has 0 aliphatic rings. The SMILES string of the molecule is C[C@@H](Cc1ccc(F)cc1)NCCc1ccc(S(N)(=O)=O)cc1. The summed E-state index contributed by atoms with van der Waals surface area (Å²) in [4.78, 5) is 0.124. The average Bonchev–Trinajstić information content (AvgIpc) is 2.49. The van der Waals surface area contributed by atoms with Gasteiger partial charge in [-0.1, -0.05) is 24.3 Å². The van der Waals surface area contributed by atoms with E-state index in [1.165, 1.54) is 24.3 Å². The summed E-state index contributed by atoms with van der Waals surface area (Å²) in [5.74, 6) is -0.225. The molecule has 2 rings (SSSR count). The van der Waals surface area contributed by atoms with Crippen molar-refractivity contribution in [1.29, 1.82) is 0 Å². The first-order valence-corrected chi connectivity index (χ1v) is 8.99. The van der Waals surface area contributed by atoms with Crippen molar-refractivity contribution >= 4 is 10.0 Å². The molecule has 4 nitrogen and oxygen atoms in total. The number of benzene rings is 2. The van der Waals surface area contributed by atoms with Crippen LogP contribution >= 0.6 is 0 Å². The van der Waals surface area contributed by atoms with Gasteiger partial charge in [0.25, 0.3) is 0 Å². The van der Waals surface area contributed by atoms with Gasteiger partial charge in [-0.25, -0.2) is 17.9 Å². The summed E-state index contributed by atoms with van der Waals surface area (Å²) in [6.07, 6.45) is 1.61. The lowest BCUT2D eigenvalue weighted by atomic mass is 10.1. The van der Waals surface area contributed by atoms with E-state index >= 15 is 0 Å². The molecule has 0 aliphatic heterocycles. The van der Waals surface area contributed by atoms with E-state index in [1.807, 2.05) is 0 Å². The summed E-state index contributed by atoms with van der Waals surface area (Å²) < 4.78 is 35.2. The monoisotopic (exact) mass is 336 g/mol. The summed E-state index contributed by atoms with van der Waals surface area (Å²) in [6, 6.07) is 13.4. The highest BCUT2D eigenvalue weighted by Gasteiger charge is 2.07. The number of nitrogens with one attached hydrogen (secondary N) is 1. The van der Waals surface area contributed by atoms with E-state index in [1.54, 1.807) is 24.3 Å². The number of rotatable bonds is 7. The van der Waals surface area contributed by atoms with Crippen molar-refractivity contribution in [1.82, 2.24) is 5.32 Å². The topological polar surface area (TPSA) is 72.2 Å². The van der Waals surface area contributed by atoms with E-state index in [0.29, 0.717) is 0 Å². The summed E-state index contributed by atoms with van der Waals surface area (Å²) in [6.45, 7) is 2.85. The molecule has 2 aromatic rings. The highest BCUT2D eigenvalue weighted by molar-refractivity contribution is 7.89. The van der Waals surface area contributed by atoms with Gasteiger partial charge in [-0.3, -0.25) is 0 Å². The Balaban J connectivity index is 1.79. The van der Waals surface area contributed by atoms with Crippen molar-refractivity contribution in [3.8, 4) is 0 Å². The number of hydrogen-bond donors (Lipinski definition) is 2. The predicted molar refractivity (Wildman–Crippen MR) is 89.1 cm³/mol. The molecule has 0 radical (unpaired) electrons. The summed E-state index contributed by atoms with van der Waals surface area (Å²) >= 11 is 0. The van der Waals surface area contributed by atoms with Crippen LogP contribution in [0.25, 0.3) is 0 Å². The van der Waals surface area contributed by atoms with E-state index in [9.17, 15) is 12.8 Å². The van der Waals surface area contributed by atoms with E-state index in [4.69, 9.17) is 5.14 Å². The smallest absolute Gasteiger partial charge is 0.238 e. The zero-order valence-corrected chi connectivity index (χ0v) is 13.8. The Kier molecular flexibility index (Phi) is 5.87. The van der Waals surface area contributed by atoms with E-state index in [2.05, 4.69) is 12.2 Å². The van der Waals surface area contributed by atoms with Gasteiger partial charge in [0, 0.05) is 6.04 Å². The Bertz CT molecular complexity index is 728. The molecule has 0 spiro atoms. The van der Waals surface area contributed by atoms with Crippen LogP contribution in [-0.2, 0) is 22.9 Å². The van der Waals surface area contributed by atoms with Crippen LogP contribution in [0, 0.1) is 5.82 Å². The van der Waals surface area contributed by atoms with Crippen molar-refractivity contribution in [2.24, 2.45) is 5.14 Å². The molecule has 0 saturated carbocycles. The molecule has 23 heavy (non-hydrogen) atoms. The Morgan fingerprint density at radius 1 is 1.04 bits per heavy atom. The molecular weight excluding hydrogens is 315 g/mol. The van der Waals surface area contributed by atoms with Gasteiger partial charge in [-0.05, 0) is 61.7 Å². The molecule has 3 N–H and O–H groups in total. The summed E-state index contributed by atoms with van der Waals surface area (Å²) in [5.41, 5.74) is 2.13. The van der Waals surface area contributed by atoms with Crippen molar-refractivity contribution < 1.29 is 12.8 Å². The molecule has 0 fully saturated rings. The van der Waals surface area contributed by atoms with Gasteiger partial charge >= 0.3 is 0 Å². The van der Waals surface area contributed by atoms with Gasteiger partial charge in [-0.2, -0.15) is 0 Å². The van der Waals surface area contributed by atoms with Crippen LogP contribution in [0.3, 0.4) is 0 Å². The normalized spacial score (nSPS) is 13.0. The van der Waals surface area contributed by atoms with Crippen LogP contribution in [0.1, 0.15) is 18.1 Å². The molecule has 0 saturated heterocycles. The summed E-state index contributed by atoms with van der Waals surface area (Å²) in [7, 11) is -3.63. The summed E-state index contributed by atoms with van der Waals surface area (Å²) in [5, 5.41) is 8.47. The van der Waals surface area contributed by atoms with Gasteiger partial charge < -0.3 is 5.32 Å². The molecular formula is C17H21FN2O2S. The second kappa shape index (κ2) is 7.68. The fraction of sp³-hybridized carbons (Fsp3) is 0.294. The van der Waals surface area contributed by atoms with Gasteiger partial charge in [0.2, 0.25) is 10.0 Å². The van der Waals surface area contributed by atoms with Crippen LogP contribution in [0.5, 0.6) is 0 Å². The molecule has 0 aliphatic carbocycles. The maximum Gasteiger partial charge on any atom is 0.238 e. The second-order valence-electron chi connectivity index (χ2n) is 5.62. The largest absolute Gasteiger partial charge is 0.314 e. The van der Waals surface area contributed by atoms with Crippen LogP contribution < -0.4 is 10.5 Å². The fourth-order valence-corrected chi connectivity index (χ4v) is 2.87. The number of nitrogens with two attached hydrogens (primary N) is 1. The Hall–Kier alpha value is -1.76. The average molecular weight is 336 g/mol. The first-order chi connectivity index (χ1) is 10.8. The highest BCUT2D eigenvalue weighted by Crippen LogP contribution is 2.09. The van der Waals surface area contributed by atoms with Crippen molar-refractivity contribution in [3.05, 3.63) is 65.5 Å². The van der Waals surface area contributed by atoms with Gasteiger partial charge in [0.1, 0.15) is 5.82 Å². The number of sulfonamides is 1. The quantitative estimate of drug-likeness (QED) is 0.814. The molecule has 1 atom stereocenters. The molecule has 0 amide bonds. The molecule has 0 unspecified atom stereocenters. The minimum absolute atomic E-state index is 0.124. The minimum atomic E-state index is -3.63. The molecule has 2 aromatic carbocycles. The Labute approximate surface area is 136 Å². The molecule has 124 valence electrons. The van der Waals surface area contributed by atoms with Crippen LogP contribution in [0.2, 0.25) is 0 Å². The standard InChI is InChI=1S/C17H21FN2O2S/c1-13(12-15-2-6-16(18)7-3-15)20-11-10-14-4-8-17(9-5-14)23(19,21)22/h2-9,13,20H,10-12H2,1H3,(H2,19,21,22)/t13-/m0/s1. The first kappa shape index (κ1) is 17.6. The van der Waals surface area contributed by atoms with Crippen LogP contribution in [0.4, 0.5) is 4.39 Å². The Morgan fingerprint density at radius 2 is 1.61 bits per heavy atom. The molecule has 0 aromatic heterocycles. The van der Waals surface area contributed by atoms with Crippen LogP contribution in [-0.4, -0.2) is 21.0 Å². The first-order valence-electron chi connectivity index (χ1n) is 7.44. The van der Waals surface area contributed by atoms with Gasteiger partial charge in [0.15, 0.2) is 0 Å². The third-order valence-corrected chi connectivity index (χ3v) is 4.54. The third-order valence-electron chi connectivity index (χ3n) is 3.61. The van der Waals surface area contributed by atoms with E-state index in [-0.39, 0.29) is 16.8 Å². The lowest BCUT2D eigenvalue weighted by Gasteiger charge is -2.14. The zero-order valence-electron chi connectivity index (χ0n) is 13.0. The van der Waals surface area contributed by atoms with Crippen LogP contribution in [0.15, 0.2) is 53.4 Å². The lowest BCUT2D eigenvalue weighted by molar-refractivity contribution is 0.547. The third kappa shape index (κ3) is 5.74. The van der Waals surface area contributed by atoms with E-state index in [0.717, 1.165) is 30.5 Å². The maximum atomic E-state index is 12.9. The minimum Gasteiger partial charge on any atom is -0.314 e. The molecule has 0 heterocycles. The number of primary sulfonamides is 1.